The minimum Gasteiger partial charge on any atom is -0.390 e. The molecule has 20 heavy (non-hydrogen) atoms. The SMILES string of the molecule is Cc1cccc(CCC(=O)N2CCCC(C)(O)CC2)c1. The van der Waals surface area contributed by atoms with E-state index in [1.165, 1.54) is 11.1 Å². The molecular formula is C17H25NO2. The Morgan fingerprint density at radius 2 is 2.15 bits per heavy atom. The van der Waals surface area contributed by atoms with Crippen molar-refractivity contribution < 1.29 is 9.90 Å². The Hall–Kier alpha value is -1.35. The summed E-state index contributed by atoms with van der Waals surface area (Å²) < 4.78 is 0. The third-order valence-corrected chi connectivity index (χ3v) is 4.13. The van der Waals surface area contributed by atoms with Gasteiger partial charge in [0.25, 0.3) is 0 Å². The number of likely N-dealkylation sites (tertiary alicyclic amines) is 1. The highest BCUT2D eigenvalue weighted by molar-refractivity contribution is 5.76. The molecule has 0 bridgehead atoms. The molecule has 2 rings (SSSR count). The first-order valence-electron chi connectivity index (χ1n) is 7.52. The topological polar surface area (TPSA) is 40.5 Å². The number of hydrogen-bond acceptors (Lipinski definition) is 2. The number of aryl methyl sites for hydroxylation is 2. The molecule has 1 atom stereocenters. The van der Waals surface area contributed by atoms with Crippen molar-refractivity contribution in [1.29, 1.82) is 0 Å². The summed E-state index contributed by atoms with van der Waals surface area (Å²) in [4.78, 5) is 14.2. The highest BCUT2D eigenvalue weighted by atomic mass is 16.3. The molecule has 0 aliphatic carbocycles. The van der Waals surface area contributed by atoms with Crippen LogP contribution in [0.3, 0.4) is 0 Å². The van der Waals surface area contributed by atoms with Gasteiger partial charge in [-0.05, 0) is 45.1 Å². The van der Waals surface area contributed by atoms with Crippen molar-refractivity contribution in [2.45, 2.75) is 51.6 Å². The number of carbonyl (C=O) groups excluding carboxylic acids is 1. The van der Waals surface area contributed by atoms with Crippen molar-refractivity contribution in [3.8, 4) is 0 Å². The molecule has 1 aromatic carbocycles. The fraction of sp³-hybridized carbons (Fsp3) is 0.588. The molecule has 1 N–H and O–H groups in total. The third-order valence-electron chi connectivity index (χ3n) is 4.13. The molecule has 1 fully saturated rings. The van der Waals surface area contributed by atoms with Crippen LogP contribution >= 0.6 is 0 Å². The van der Waals surface area contributed by atoms with Gasteiger partial charge in [-0.2, -0.15) is 0 Å². The quantitative estimate of drug-likeness (QED) is 0.921. The van der Waals surface area contributed by atoms with Gasteiger partial charge in [-0.15, -0.1) is 0 Å². The van der Waals surface area contributed by atoms with E-state index < -0.39 is 5.60 Å². The fourth-order valence-corrected chi connectivity index (χ4v) is 2.79. The van der Waals surface area contributed by atoms with Crippen LogP contribution in [0, 0.1) is 6.92 Å². The Morgan fingerprint density at radius 3 is 2.90 bits per heavy atom. The van der Waals surface area contributed by atoms with E-state index in [4.69, 9.17) is 0 Å². The predicted molar refractivity (Wildman–Crippen MR) is 80.6 cm³/mol. The monoisotopic (exact) mass is 275 g/mol. The van der Waals surface area contributed by atoms with Gasteiger partial charge in [0, 0.05) is 19.5 Å². The van der Waals surface area contributed by atoms with Crippen LogP contribution < -0.4 is 0 Å². The molecule has 3 heteroatoms. The van der Waals surface area contributed by atoms with E-state index >= 15 is 0 Å². The van der Waals surface area contributed by atoms with Crippen LogP contribution in [0.4, 0.5) is 0 Å². The second-order valence-corrected chi connectivity index (χ2v) is 6.22. The molecule has 1 heterocycles. The van der Waals surface area contributed by atoms with Crippen LogP contribution in [-0.2, 0) is 11.2 Å². The first-order chi connectivity index (χ1) is 9.46. The van der Waals surface area contributed by atoms with Crippen LogP contribution in [-0.4, -0.2) is 34.6 Å². The van der Waals surface area contributed by atoms with Crippen molar-refractivity contribution in [1.82, 2.24) is 4.90 Å². The van der Waals surface area contributed by atoms with Crippen molar-refractivity contribution in [3.05, 3.63) is 35.4 Å². The summed E-state index contributed by atoms with van der Waals surface area (Å²) in [7, 11) is 0. The number of aliphatic hydroxyl groups is 1. The number of hydrogen-bond donors (Lipinski definition) is 1. The van der Waals surface area contributed by atoms with Crippen molar-refractivity contribution in [2.75, 3.05) is 13.1 Å². The number of benzene rings is 1. The Kier molecular flexibility index (Phi) is 4.81. The van der Waals surface area contributed by atoms with Gasteiger partial charge in [0.1, 0.15) is 0 Å². The summed E-state index contributed by atoms with van der Waals surface area (Å²) in [6.45, 7) is 5.40. The molecule has 1 aromatic rings. The van der Waals surface area contributed by atoms with Crippen LogP contribution in [0.2, 0.25) is 0 Å². The number of rotatable bonds is 3. The molecule has 1 saturated heterocycles. The van der Waals surface area contributed by atoms with Crippen LogP contribution in [0.15, 0.2) is 24.3 Å². The lowest BCUT2D eigenvalue weighted by Crippen LogP contribution is -2.33. The summed E-state index contributed by atoms with van der Waals surface area (Å²) >= 11 is 0. The zero-order chi connectivity index (χ0) is 14.6. The zero-order valence-corrected chi connectivity index (χ0v) is 12.6. The molecule has 3 nitrogen and oxygen atoms in total. The lowest BCUT2D eigenvalue weighted by molar-refractivity contribution is -0.131. The van der Waals surface area contributed by atoms with E-state index in [2.05, 4.69) is 25.1 Å². The zero-order valence-electron chi connectivity index (χ0n) is 12.6. The van der Waals surface area contributed by atoms with Gasteiger partial charge in [0.2, 0.25) is 5.91 Å². The molecule has 110 valence electrons. The molecule has 0 spiro atoms. The van der Waals surface area contributed by atoms with E-state index in [-0.39, 0.29) is 5.91 Å². The predicted octanol–water partition coefficient (Wildman–Crippen LogP) is 2.69. The average Bonchev–Trinajstić information content (AvgIpc) is 2.57. The Morgan fingerprint density at radius 1 is 1.35 bits per heavy atom. The largest absolute Gasteiger partial charge is 0.390 e. The van der Waals surface area contributed by atoms with Crippen molar-refractivity contribution >= 4 is 5.91 Å². The normalized spacial score (nSPS) is 23.4. The van der Waals surface area contributed by atoms with Gasteiger partial charge in [0.15, 0.2) is 0 Å². The number of amides is 1. The first-order valence-corrected chi connectivity index (χ1v) is 7.52. The summed E-state index contributed by atoms with van der Waals surface area (Å²) in [6.07, 6.45) is 3.72. The molecule has 1 aliphatic rings. The van der Waals surface area contributed by atoms with Gasteiger partial charge in [-0.3, -0.25) is 4.79 Å². The minimum atomic E-state index is -0.606. The molecular weight excluding hydrogens is 250 g/mol. The summed E-state index contributed by atoms with van der Waals surface area (Å²) in [5, 5.41) is 10.1. The summed E-state index contributed by atoms with van der Waals surface area (Å²) in [5.41, 5.74) is 1.85. The van der Waals surface area contributed by atoms with Gasteiger partial charge in [-0.25, -0.2) is 0 Å². The third kappa shape index (κ3) is 4.34. The molecule has 0 aromatic heterocycles. The standard InChI is InChI=1S/C17H25NO2/c1-14-5-3-6-15(13-14)7-8-16(19)18-11-4-9-17(2,20)10-12-18/h3,5-6,13,20H,4,7-12H2,1-2H3. The van der Waals surface area contributed by atoms with Gasteiger partial charge in [-0.1, -0.05) is 29.8 Å². The van der Waals surface area contributed by atoms with E-state index in [9.17, 15) is 9.90 Å². The number of carbonyl (C=O) groups is 1. The summed E-state index contributed by atoms with van der Waals surface area (Å²) in [5.74, 6) is 0.212. The fourth-order valence-electron chi connectivity index (χ4n) is 2.79. The average molecular weight is 275 g/mol. The maximum absolute atomic E-state index is 12.3. The van der Waals surface area contributed by atoms with Crippen molar-refractivity contribution in [3.63, 3.8) is 0 Å². The second kappa shape index (κ2) is 6.40. The second-order valence-electron chi connectivity index (χ2n) is 6.22. The minimum absolute atomic E-state index is 0.212. The number of nitrogens with zero attached hydrogens (tertiary/aromatic N) is 1. The first kappa shape index (κ1) is 15.0. The Balaban J connectivity index is 1.85. The van der Waals surface area contributed by atoms with Gasteiger partial charge in [0.05, 0.1) is 5.60 Å². The smallest absolute Gasteiger partial charge is 0.222 e. The maximum atomic E-state index is 12.3. The molecule has 0 saturated carbocycles. The lowest BCUT2D eigenvalue weighted by atomic mass is 9.98. The van der Waals surface area contributed by atoms with Crippen LogP contribution in [0.1, 0.15) is 43.7 Å². The Bertz CT molecular complexity index is 468. The van der Waals surface area contributed by atoms with Crippen molar-refractivity contribution in [2.24, 2.45) is 0 Å². The lowest BCUT2D eigenvalue weighted by Gasteiger charge is -2.22. The van der Waals surface area contributed by atoms with Gasteiger partial charge < -0.3 is 10.0 Å². The molecule has 1 aliphatic heterocycles. The molecule has 0 radical (unpaired) electrons. The van der Waals surface area contributed by atoms with E-state index in [0.29, 0.717) is 19.4 Å². The summed E-state index contributed by atoms with van der Waals surface area (Å²) in [6, 6.07) is 8.33. The van der Waals surface area contributed by atoms with E-state index in [1.54, 1.807) is 0 Å². The maximum Gasteiger partial charge on any atom is 0.222 e. The highest BCUT2D eigenvalue weighted by Crippen LogP contribution is 2.22. The van der Waals surface area contributed by atoms with Crippen LogP contribution in [0.25, 0.3) is 0 Å². The highest BCUT2D eigenvalue weighted by Gasteiger charge is 2.26. The van der Waals surface area contributed by atoms with Gasteiger partial charge >= 0.3 is 0 Å². The van der Waals surface area contributed by atoms with E-state index in [1.807, 2.05) is 17.9 Å². The Labute approximate surface area is 121 Å². The van der Waals surface area contributed by atoms with Crippen LogP contribution in [0.5, 0.6) is 0 Å². The molecule has 1 unspecified atom stereocenters. The molecule has 1 amide bonds. The van der Waals surface area contributed by atoms with E-state index in [0.717, 1.165) is 25.8 Å².